The third-order valence-electron chi connectivity index (χ3n) is 1.90. The number of thiophene rings is 1. The van der Waals surface area contributed by atoms with Crippen LogP contribution in [0.5, 0.6) is 0 Å². The van der Waals surface area contributed by atoms with E-state index < -0.39 is 12.8 Å². The number of nitrogens with two attached hydrogens (primary N) is 1. The van der Waals surface area contributed by atoms with Crippen LogP contribution in [0.15, 0.2) is 12.1 Å². The molecule has 8 heteroatoms. The molecule has 1 heterocycles. The molecule has 0 saturated heterocycles. The van der Waals surface area contributed by atoms with E-state index in [9.17, 15) is 13.2 Å². The molecule has 1 unspecified atom stereocenters. The second-order valence-electron chi connectivity index (χ2n) is 3.40. The SMILES string of the molecule is NNC(COCC(F)(F)F)Cc1ccc(Cl)s1. The Kier molecular flexibility index (Phi) is 5.68. The van der Waals surface area contributed by atoms with Crippen LogP contribution in [-0.2, 0) is 11.2 Å². The van der Waals surface area contributed by atoms with E-state index in [0.29, 0.717) is 10.8 Å². The van der Waals surface area contributed by atoms with E-state index in [1.165, 1.54) is 11.3 Å². The normalized spacial score (nSPS) is 13.9. The van der Waals surface area contributed by atoms with Gasteiger partial charge in [0.2, 0.25) is 0 Å². The summed E-state index contributed by atoms with van der Waals surface area (Å²) in [5.74, 6) is 5.24. The van der Waals surface area contributed by atoms with Crippen LogP contribution in [0.1, 0.15) is 4.88 Å². The zero-order chi connectivity index (χ0) is 12.9. The second-order valence-corrected chi connectivity index (χ2v) is 5.20. The van der Waals surface area contributed by atoms with Crippen LogP contribution in [-0.4, -0.2) is 25.4 Å². The van der Waals surface area contributed by atoms with Crippen LogP contribution < -0.4 is 11.3 Å². The molecule has 0 bridgehead atoms. The smallest absolute Gasteiger partial charge is 0.370 e. The standard InChI is InChI=1S/C9H12ClF3N2OS/c10-8-2-1-7(17-8)3-6(15-14)4-16-5-9(11,12)13/h1-2,6,15H,3-5,14H2. The van der Waals surface area contributed by atoms with Crippen LogP contribution in [0, 0.1) is 0 Å². The highest BCUT2D eigenvalue weighted by Gasteiger charge is 2.27. The number of hydrogen-bond acceptors (Lipinski definition) is 4. The second kappa shape index (κ2) is 6.55. The largest absolute Gasteiger partial charge is 0.411 e. The van der Waals surface area contributed by atoms with E-state index >= 15 is 0 Å². The molecule has 0 fully saturated rings. The number of hydrogen-bond donors (Lipinski definition) is 2. The molecule has 3 nitrogen and oxygen atoms in total. The third-order valence-corrected chi connectivity index (χ3v) is 3.15. The topological polar surface area (TPSA) is 47.3 Å². The molecule has 17 heavy (non-hydrogen) atoms. The van der Waals surface area contributed by atoms with Crippen molar-refractivity contribution in [2.75, 3.05) is 13.2 Å². The van der Waals surface area contributed by atoms with Gasteiger partial charge in [-0.3, -0.25) is 11.3 Å². The Morgan fingerprint density at radius 2 is 2.18 bits per heavy atom. The quantitative estimate of drug-likeness (QED) is 0.624. The molecule has 1 atom stereocenters. The van der Waals surface area contributed by atoms with E-state index in [2.05, 4.69) is 10.2 Å². The predicted octanol–water partition coefficient (Wildman–Crippen LogP) is 2.35. The summed E-state index contributed by atoms with van der Waals surface area (Å²) in [5, 5.41) is 0. The lowest BCUT2D eigenvalue weighted by molar-refractivity contribution is -0.175. The van der Waals surface area contributed by atoms with Crippen LogP contribution in [0.2, 0.25) is 4.34 Å². The molecule has 1 aromatic heterocycles. The van der Waals surface area contributed by atoms with Crippen molar-refractivity contribution in [3.05, 3.63) is 21.3 Å². The number of nitrogens with one attached hydrogen (secondary N) is 1. The fourth-order valence-corrected chi connectivity index (χ4v) is 2.35. The number of ether oxygens (including phenoxy) is 1. The van der Waals surface area contributed by atoms with E-state index in [1.54, 1.807) is 12.1 Å². The Labute approximate surface area is 106 Å². The first-order chi connectivity index (χ1) is 7.90. The molecule has 98 valence electrons. The molecule has 0 aromatic carbocycles. The van der Waals surface area contributed by atoms with Crippen molar-refractivity contribution in [3.8, 4) is 0 Å². The van der Waals surface area contributed by atoms with Crippen molar-refractivity contribution in [1.29, 1.82) is 0 Å². The average Bonchev–Trinajstić information content (AvgIpc) is 2.60. The van der Waals surface area contributed by atoms with E-state index in [-0.39, 0.29) is 12.6 Å². The van der Waals surface area contributed by atoms with Crippen molar-refractivity contribution >= 4 is 22.9 Å². The van der Waals surface area contributed by atoms with Gasteiger partial charge in [-0.25, -0.2) is 0 Å². The van der Waals surface area contributed by atoms with Gasteiger partial charge in [-0.15, -0.1) is 11.3 Å². The van der Waals surface area contributed by atoms with Gasteiger partial charge >= 0.3 is 6.18 Å². The van der Waals surface area contributed by atoms with Gasteiger partial charge in [-0.05, 0) is 12.1 Å². The Hall–Kier alpha value is -0.340. The first kappa shape index (κ1) is 14.7. The van der Waals surface area contributed by atoms with Gasteiger partial charge in [0.15, 0.2) is 0 Å². The molecule has 1 rings (SSSR count). The van der Waals surface area contributed by atoms with Crippen molar-refractivity contribution in [3.63, 3.8) is 0 Å². The Morgan fingerprint density at radius 1 is 1.47 bits per heavy atom. The molecule has 0 saturated carbocycles. The summed E-state index contributed by atoms with van der Waals surface area (Å²) in [6.45, 7) is -1.37. The van der Waals surface area contributed by atoms with Gasteiger partial charge in [0, 0.05) is 17.3 Å². The molecular formula is C9H12ClF3N2OS. The lowest BCUT2D eigenvalue weighted by atomic mass is 10.2. The van der Waals surface area contributed by atoms with Crippen LogP contribution >= 0.6 is 22.9 Å². The molecule has 0 aliphatic heterocycles. The monoisotopic (exact) mass is 288 g/mol. The van der Waals surface area contributed by atoms with Crippen molar-refractivity contribution in [2.24, 2.45) is 5.84 Å². The first-order valence-corrected chi connectivity index (χ1v) is 5.95. The minimum absolute atomic E-state index is 0.106. The number of halogens is 4. The Balaban J connectivity index is 2.34. The van der Waals surface area contributed by atoms with Gasteiger partial charge in [0.1, 0.15) is 6.61 Å². The number of hydrazine groups is 1. The molecule has 1 aromatic rings. The fourth-order valence-electron chi connectivity index (χ4n) is 1.19. The highest BCUT2D eigenvalue weighted by atomic mass is 35.5. The summed E-state index contributed by atoms with van der Waals surface area (Å²) in [5.41, 5.74) is 2.42. The van der Waals surface area contributed by atoms with E-state index in [0.717, 1.165) is 4.88 Å². The summed E-state index contributed by atoms with van der Waals surface area (Å²) >= 11 is 7.10. The van der Waals surface area contributed by atoms with Crippen molar-refractivity contribution < 1.29 is 17.9 Å². The zero-order valence-corrected chi connectivity index (χ0v) is 10.3. The average molecular weight is 289 g/mol. The van der Waals surface area contributed by atoms with E-state index in [1.807, 2.05) is 0 Å². The van der Waals surface area contributed by atoms with Gasteiger partial charge in [0.25, 0.3) is 0 Å². The van der Waals surface area contributed by atoms with Gasteiger partial charge in [-0.2, -0.15) is 13.2 Å². The highest BCUT2D eigenvalue weighted by Crippen LogP contribution is 2.22. The minimum Gasteiger partial charge on any atom is -0.370 e. The zero-order valence-electron chi connectivity index (χ0n) is 8.76. The Morgan fingerprint density at radius 3 is 2.65 bits per heavy atom. The van der Waals surface area contributed by atoms with Crippen LogP contribution in [0.25, 0.3) is 0 Å². The fraction of sp³-hybridized carbons (Fsp3) is 0.556. The molecule has 3 N–H and O–H groups in total. The van der Waals surface area contributed by atoms with Gasteiger partial charge in [-0.1, -0.05) is 11.6 Å². The minimum atomic E-state index is -4.31. The molecule has 0 aliphatic carbocycles. The summed E-state index contributed by atoms with van der Waals surface area (Å²) < 4.78 is 40.7. The maximum Gasteiger partial charge on any atom is 0.411 e. The Bertz CT molecular complexity index is 345. The number of alkyl halides is 3. The third kappa shape index (κ3) is 6.23. The maximum atomic E-state index is 11.8. The van der Waals surface area contributed by atoms with Gasteiger partial charge < -0.3 is 4.74 Å². The summed E-state index contributed by atoms with van der Waals surface area (Å²) in [6.07, 6.45) is -3.84. The maximum absolute atomic E-state index is 11.8. The first-order valence-electron chi connectivity index (χ1n) is 4.75. The lowest BCUT2D eigenvalue weighted by Gasteiger charge is -2.15. The molecule has 0 spiro atoms. The van der Waals surface area contributed by atoms with Crippen LogP contribution in [0.3, 0.4) is 0 Å². The van der Waals surface area contributed by atoms with Crippen molar-refractivity contribution in [1.82, 2.24) is 5.43 Å². The highest BCUT2D eigenvalue weighted by molar-refractivity contribution is 7.16. The van der Waals surface area contributed by atoms with Crippen molar-refractivity contribution in [2.45, 2.75) is 18.6 Å². The molecular weight excluding hydrogens is 277 g/mol. The lowest BCUT2D eigenvalue weighted by Crippen LogP contribution is -2.40. The summed E-state index contributed by atoms with van der Waals surface area (Å²) in [6, 6.07) is 3.17. The molecule has 0 aliphatic rings. The summed E-state index contributed by atoms with van der Waals surface area (Å²) in [4.78, 5) is 0.938. The predicted molar refractivity (Wildman–Crippen MR) is 61.0 cm³/mol. The van der Waals surface area contributed by atoms with E-state index in [4.69, 9.17) is 17.4 Å². The van der Waals surface area contributed by atoms with Gasteiger partial charge in [0.05, 0.1) is 10.9 Å². The number of rotatable bonds is 6. The van der Waals surface area contributed by atoms with Crippen LogP contribution in [0.4, 0.5) is 13.2 Å². The molecule has 0 radical (unpaired) electrons. The summed E-state index contributed by atoms with van der Waals surface area (Å²) in [7, 11) is 0. The molecule has 0 amide bonds.